The summed E-state index contributed by atoms with van der Waals surface area (Å²) in [4.78, 5) is 10.9. The Balaban J connectivity index is 1.93. The van der Waals surface area contributed by atoms with Gasteiger partial charge in [0.25, 0.3) is 0 Å². The van der Waals surface area contributed by atoms with E-state index in [-0.39, 0.29) is 0 Å². The molecule has 5 heteroatoms. The molecule has 2 rings (SSSR count). The maximum Gasteiger partial charge on any atom is 0.221 e. The Morgan fingerprint density at radius 2 is 2.11 bits per heavy atom. The molecule has 0 aromatic carbocycles. The van der Waals surface area contributed by atoms with Gasteiger partial charge in [0.15, 0.2) is 0 Å². The molecule has 1 aliphatic carbocycles. The zero-order valence-corrected chi connectivity index (χ0v) is 12.0. The van der Waals surface area contributed by atoms with Crippen molar-refractivity contribution in [1.82, 2.24) is 14.9 Å². The first-order chi connectivity index (χ1) is 8.61. The summed E-state index contributed by atoms with van der Waals surface area (Å²) in [6.45, 7) is 5.46. The first-order valence-corrected chi connectivity index (χ1v) is 6.85. The molecular formula is C13H20ClN3O. The van der Waals surface area contributed by atoms with Crippen molar-refractivity contribution in [1.29, 1.82) is 0 Å². The Labute approximate surface area is 113 Å². The van der Waals surface area contributed by atoms with E-state index in [1.165, 1.54) is 12.8 Å². The van der Waals surface area contributed by atoms with Gasteiger partial charge >= 0.3 is 0 Å². The summed E-state index contributed by atoms with van der Waals surface area (Å²) < 4.78 is 5.73. The summed E-state index contributed by atoms with van der Waals surface area (Å²) >= 11 is 6.06. The Morgan fingerprint density at radius 3 is 2.72 bits per heavy atom. The minimum atomic E-state index is 0.493. The molecule has 1 aromatic rings. The van der Waals surface area contributed by atoms with Gasteiger partial charge in [-0.15, -0.1) is 0 Å². The topological polar surface area (TPSA) is 38.2 Å². The van der Waals surface area contributed by atoms with Gasteiger partial charge in [0.05, 0.1) is 0 Å². The zero-order chi connectivity index (χ0) is 13.1. The third-order valence-corrected chi connectivity index (χ3v) is 3.63. The maximum absolute atomic E-state index is 6.06. The molecule has 1 fully saturated rings. The van der Waals surface area contributed by atoms with Gasteiger partial charge in [0, 0.05) is 24.6 Å². The molecule has 0 bridgehead atoms. The fourth-order valence-corrected chi connectivity index (χ4v) is 1.97. The molecule has 0 spiro atoms. The SMILES string of the molecule is CCc1nc(Cl)c(C)c(OCCN(C)C2CC2)n1. The molecule has 4 nitrogen and oxygen atoms in total. The van der Waals surface area contributed by atoms with Crippen LogP contribution < -0.4 is 4.74 Å². The predicted molar refractivity (Wildman–Crippen MR) is 72.3 cm³/mol. The van der Waals surface area contributed by atoms with E-state index in [9.17, 15) is 0 Å². The van der Waals surface area contributed by atoms with Gasteiger partial charge in [-0.2, -0.15) is 4.98 Å². The number of hydrogen-bond acceptors (Lipinski definition) is 4. The van der Waals surface area contributed by atoms with Crippen molar-refractivity contribution in [3.8, 4) is 5.88 Å². The maximum atomic E-state index is 6.06. The molecule has 1 saturated carbocycles. The molecule has 0 atom stereocenters. The van der Waals surface area contributed by atoms with Gasteiger partial charge in [-0.05, 0) is 26.8 Å². The summed E-state index contributed by atoms with van der Waals surface area (Å²) in [6.07, 6.45) is 3.39. The van der Waals surface area contributed by atoms with Gasteiger partial charge < -0.3 is 9.64 Å². The molecule has 1 heterocycles. The highest BCUT2D eigenvalue weighted by Crippen LogP contribution is 2.25. The Hall–Kier alpha value is -0.870. The van der Waals surface area contributed by atoms with E-state index >= 15 is 0 Å². The lowest BCUT2D eigenvalue weighted by atomic mass is 10.3. The molecule has 100 valence electrons. The second kappa shape index (κ2) is 5.85. The first-order valence-electron chi connectivity index (χ1n) is 6.48. The average molecular weight is 270 g/mol. The van der Waals surface area contributed by atoms with Crippen LogP contribution in [0.2, 0.25) is 5.15 Å². The molecule has 1 aliphatic rings. The molecule has 18 heavy (non-hydrogen) atoms. The van der Waals surface area contributed by atoms with E-state index in [0.717, 1.165) is 30.4 Å². The molecular weight excluding hydrogens is 250 g/mol. The number of likely N-dealkylation sites (N-methyl/N-ethyl adjacent to an activating group) is 1. The van der Waals surface area contributed by atoms with Crippen LogP contribution in [0.3, 0.4) is 0 Å². The fraction of sp³-hybridized carbons (Fsp3) is 0.692. The smallest absolute Gasteiger partial charge is 0.221 e. The molecule has 0 aliphatic heterocycles. The summed E-state index contributed by atoms with van der Waals surface area (Å²) in [6, 6.07) is 0.759. The van der Waals surface area contributed by atoms with Crippen molar-refractivity contribution in [2.75, 3.05) is 20.2 Å². The highest BCUT2D eigenvalue weighted by atomic mass is 35.5. The average Bonchev–Trinajstić information content (AvgIpc) is 3.18. The summed E-state index contributed by atoms with van der Waals surface area (Å²) in [5.74, 6) is 1.35. The van der Waals surface area contributed by atoms with Crippen LogP contribution in [0.1, 0.15) is 31.2 Å². The normalized spacial score (nSPS) is 15.2. The van der Waals surface area contributed by atoms with Crippen molar-refractivity contribution in [3.63, 3.8) is 0 Å². The number of halogens is 1. The second-order valence-electron chi connectivity index (χ2n) is 4.77. The van der Waals surface area contributed by atoms with Gasteiger partial charge in [-0.1, -0.05) is 18.5 Å². The molecule has 0 saturated heterocycles. The van der Waals surface area contributed by atoms with Crippen molar-refractivity contribution >= 4 is 11.6 Å². The van der Waals surface area contributed by atoms with Crippen molar-refractivity contribution < 1.29 is 4.74 Å². The van der Waals surface area contributed by atoms with Crippen LogP contribution in [-0.4, -0.2) is 41.1 Å². The van der Waals surface area contributed by atoms with E-state index < -0.39 is 0 Å². The minimum absolute atomic E-state index is 0.493. The second-order valence-corrected chi connectivity index (χ2v) is 5.13. The standard InChI is InChI=1S/C13H20ClN3O/c1-4-11-15-12(14)9(2)13(16-11)18-8-7-17(3)10-5-6-10/h10H,4-8H2,1-3H3. The quantitative estimate of drug-likeness (QED) is 0.744. The monoisotopic (exact) mass is 269 g/mol. The van der Waals surface area contributed by atoms with Crippen LogP contribution in [-0.2, 0) is 6.42 Å². The summed E-state index contributed by atoms with van der Waals surface area (Å²) in [5.41, 5.74) is 0.822. The fourth-order valence-electron chi connectivity index (χ4n) is 1.79. The van der Waals surface area contributed by atoms with Crippen LogP contribution in [0.15, 0.2) is 0 Å². The lowest BCUT2D eigenvalue weighted by molar-refractivity contribution is 0.225. The number of ether oxygens (including phenoxy) is 1. The van der Waals surface area contributed by atoms with Crippen molar-refractivity contribution in [3.05, 3.63) is 16.5 Å². The first kappa shape index (κ1) is 13.6. The van der Waals surface area contributed by atoms with Gasteiger partial charge in [-0.25, -0.2) is 4.98 Å². The van der Waals surface area contributed by atoms with Gasteiger partial charge in [0.2, 0.25) is 5.88 Å². The lowest BCUT2D eigenvalue weighted by Crippen LogP contribution is -2.26. The van der Waals surface area contributed by atoms with E-state index in [0.29, 0.717) is 17.6 Å². The molecule has 1 aromatic heterocycles. The Morgan fingerprint density at radius 1 is 1.39 bits per heavy atom. The molecule has 0 unspecified atom stereocenters. The van der Waals surface area contributed by atoms with E-state index in [1.54, 1.807) is 0 Å². The number of aryl methyl sites for hydroxylation is 1. The Kier molecular flexibility index (Phi) is 4.40. The minimum Gasteiger partial charge on any atom is -0.476 e. The van der Waals surface area contributed by atoms with Crippen LogP contribution in [0.4, 0.5) is 0 Å². The number of nitrogens with zero attached hydrogens (tertiary/aromatic N) is 3. The highest BCUT2D eigenvalue weighted by Gasteiger charge is 2.25. The van der Waals surface area contributed by atoms with Crippen LogP contribution in [0.5, 0.6) is 5.88 Å². The molecule has 0 radical (unpaired) electrons. The van der Waals surface area contributed by atoms with Crippen molar-refractivity contribution in [2.45, 2.75) is 39.2 Å². The van der Waals surface area contributed by atoms with Gasteiger partial charge in [0.1, 0.15) is 17.6 Å². The number of hydrogen-bond donors (Lipinski definition) is 0. The van der Waals surface area contributed by atoms with Crippen LogP contribution >= 0.6 is 11.6 Å². The lowest BCUT2D eigenvalue weighted by Gasteiger charge is -2.16. The summed E-state index contributed by atoms with van der Waals surface area (Å²) in [5, 5.41) is 0.493. The van der Waals surface area contributed by atoms with E-state index in [2.05, 4.69) is 21.9 Å². The predicted octanol–water partition coefficient (Wildman–Crippen LogP) is 2.47. The summed E-state index contributed by atoms with van der Waals surface area (Å²) in [7, 11) is 2.14. The largest absolute Gasteiger partial charge is 0.476 e. The molecule has 0 N–H and O–H groups in total. The van der Waals surface area contributed by atoms with Crippen LogP contribution in [0.25, 0.3) is 0 Å². The number of rotatable bonds is 6. The Bertz CT molecular complexity index is 421. The van der Waals surface area contributed by atoms with E-state index in [4.69, 9.17) is 16.3 Å². The number of aromatic nitrogens is 2. The van der Waals surface area contributed by atoms with Crippen LogP contribution in [0, 0.1) is 6.92 Å². The third kappa shape index (κ3) is 3.33. The molecule has 0 amide bonds. The van der Waals surface area contributed by atoms with E-state index in [1.807, 2.05) is 13.8 Å². The van der Waals surface area contributed by atoms with Crippen molar-refractivity contribution in [2.24, 2.45) is 0 Å². The highest BCUT2D eigenvalue weighted by molar-refractivity contribution is 6.30. The zero-order valence-electron chi connectivity index (χ0n) is 11.2. The third-order valence-electron chi connectivity index (χ3n) is 3.26. The van der Waals surface area contributed by atoms with Gasteiger partial charge in [-0.3, -0.25) is 0 Å².